The first-order valence-electron chi connectivity index (χ1n) is 7.27. The minimum absolute atomic E-state index is 0.188. The molecule has 3 aromatic rings. The van der Waals surface area contributed by atoms with Crippen LogP contribution in [0.4, 0.5) is 0 Å². The molecule has 0 aliphatic carbocycles. The Balaban J connectivity index is 2.11. The van der Waals surface area contributed by atoms with Gasteiger partial charge in [0, 0.05) is 31.5 Å². The molecule has 0 amide bonds. The van der Waals surface area contributed by atoms with Crippen molar-refractivity contribution in [3.05, 3.63) is 69.5 Å². The summed E-state index contributed by atoms with van der Waals surface area (Å²) in [5, 5.41) is 0.581. The highest BCUT2D eigenvalue weighted by molar-refractivity contribution is 7.91. The first kappa shape index (κ1) is 18.4. The average molecular weight is 416 g/mol. The van der Waals surface area contributed by atoms with Crippen molar-refractivity contribution in [2.45, 2.75) is 10.3 Å². The van der Waals surface area contributed by atoms with Crippen LogP contribution in [0.15, 0.2) is 53.0 Å². The van der Waals surface area contributed by atoms with Gasteiger partial charge in [0.15, 0.2) is 0 Å². The van der Waals surface area contributed by atoms with Gasteiger partial charge in [-0.3, -0.25) is 0 Å². The molecule has 0 aliphatic heterocycles. The maximum absolute atomic E-state index is 13.0. The standard InChI is InChI=1S/C16H15Cl2N3O2S2/c1-20-10-9-19-16(20)15(11-3-5-12(17)6-4-11)21(2)25(22,23)14-8-7-13(18)24-14/h3-10,15H,1-2H3/t15-/m0/s1. The number of rotatable bonds is 5. The minimum atomic E-state index is -3.74. The molecule has 3 rings (SSSR count). The smallest absolute Gasteiger partial charge is 0.253 e. The van der Waals surface area contributed by atoms with Crippen LogP contribution in [0.2, 0.25) is 9.36 Å². The van der Waals surface area contributed by atoms with Crippen LogP contribution in [0.5, 0.6) is 0 Å². The second-order valence-electron chi connectivity index (χ2n) is 5.43. The van der Waals surface area contributed by atoms with Crippen LogP contribution in [0.1, 0.15) is 17.4 Å². The van der Waals surface area contributed by atoms with E-state index in [0.717, 1.165) is 16.9 Å². The van der Waals surface area contributed by atoms with E-state index in [1.165, 1.54) is 17.4 Å². The second-order valence-corrected chi connectivity index (χ2v) is 9.81. The van der Waals surface area contributed by atoms with Gasteiger partial charge in [0.2, 0.25) is 0 Å². The number of thiophene rings is 1. The molecule has 0 bridgehead atoms. The lowest BCUT2D eigenvalue weighted by Crippen LogP contribution is -2.33. The van der Waals surface area contributed by atoms with Gasteiger partial charge in [-0.2, -0.15) is 4.31 Å². The molecule has 0 radical (unpaired) electrons. The maximum Gasteiger partial charge on any atom is 0.253 e. The summed E-state index contributed by atoms with van der Waals surface area (Å²) in [7, 11) is -0.372. The van der Waals surface area contributed by atoms with Gasteiger partial charge in [-0.05, 0) is 29.8 Å². The molecule has 5 nitrogen and oxygen atoms in total. The molecule has 1 atom stereocenters. The quantitative estimate of drug-likeness (QED) is 0.627. The second kappa shape index (κ2) is 7.09. The lowest BCUT2D eigenvalue weighted by Gasteiger charge is -2.27. The first-order chi connectivity index (χ1) is 11.8. The van der Waals surface area contributed by atoms with Crippen LogP contribution in [0.25, 0.3) is 0 Å². The molecular formula is C16H15Cl2N3O2S2. The van der Waals surface area contributed by atoms with Crippen LogP contribution < -0.4 is 0 Å². The molecule has 2 aromatic heterocycles. The summed E-state index contributed by atoms with van der Waals surface area (Å²) >= 11 is 12.9. The SMILES string of the molecule is CN([C@@H](c1ccc(Cl)cc1)c1nccn1C)S(=O)(=O)c1ccc(Cl)s1. The summed E-state index contributed by atoms with van der Waals surface area (Å²) in [5.74, 6) is 0.607. The van der Waals surface area contributed by atoms with Crippen molar-refractivity contribution < 1.29 is 8.42 Å². The summed E-state index contributed by atoms with van der Waals surface area (Å²) in [5.41, 5.74) is 0.771. The van der Waals surface area contributed by atoms with E-state index >= 15 is 0 Å². The number of hydrogen-bond acceptors (Lipinski definition) is 4. The van der Waals surface area contributed by atoms with E-state index in [-0.39, 0.29) is 4.21 Å². The normalized spacial score (nSPS) is 13.3. The van der Waals surface area contributed by atoms with E-state index in [4.69, 9.17) is 23.2 Å². The number of nitrogens with zero attached hydrogens (tertiary/aromatic N) is 3. The molecule has 132 valence electrons. The molecule has 1 aromatic carbocycles. The topological polar surface area (TPSA) is 55.2 Å². The number of aryl methyl sites for hydroxylation is 1. The van der Waals surface area contributed by atoms with Gasteiger partial charge in [-0.1, -0.05) is 35.3 Å². The van der Waals surface area contributed by atoms with Gasteiger partial charge in [-0.15, -0.1) is 11.3 Å². The number of halogens is 2. The van der Waals surface area contributed by atoms with Gasteiger partial charge in [-0.25, -0.2) is 13.4 Å². The van der Waals surface area contributed by atoms with Crippen molar-refractivity contribution in [2.75, 3.05) is 7.05 Å². The molecule has 0 unspecified atom stereocenters. The van der Waals surface area contributed by atoms with E-state index in [9.17, 15) is 8.42 Å². The zero-order chi connectivity index (χ0) is 18.2. The molecular weight excluding hydrogens is 401 g/mol. The van der Waals surface area contributed by atoms with Crippen LogP contribution in [-0.4, -0.2) is 29.3 Å². The Morgan fingerprint density at radius 1 is 1.16 bits per heavy atom. The van der Waals surface area contributed by atoms with Crippen LogP contribution in [0, 0.1) is 0 Å². The summed E-state index contributed by atoms with van der Waals surface area (Å²) in [6.07, 6.45) is 3.42. The predicted molar refractivity (Wildman–Crippen MR) is 101 cm³/mol. The maximum atomic E-state index is 13.0. The zero-order valence-corrected chi connectivity index (χ0v) is 16.6. The third-order valence-corrected chi connectivity index (χ3v) is 7.61. The third kappa shape index (κ3) is 3.61. The molecule has 0 spiro atoms. The lowest BCUT2D eigenvalue weighted by atomic mass is 10.1. The van der Waals surface area contributed by atoms with E-state index in [0.29, 0.717) is 15.2 Å². The molecule has 25 heavy (non-hydrogen) atoms. The number of aromatic nitrogens is 2. The van der Waals surface area contributed by atoms with Crippen LogP contribution in [-0.2, 0) is 17.1 Å². The van der Waals surface area contributed by atoms with E-state index < -0.39 is 16.1 Å². The number of imidazole rings is 1. The Kier molecular flexibility index (Phi) is 5.22. The van der Waals surface area contributed by atoms with Crippen molar-refractivity contribution in [1.82, 2.24) is 13.9 Å². The summed E-state index contributed by atoms with van der Waals surface area (Å²) in [4.78, 5) is 4.35. The molecule has 0 N–H and O–H groups in total. The molecule has 2 heterocycles. The highest BCUT2D eigenvalue weighted by Gasteiger charge is 2.33. The largest absolute Gasteiger partial charge is 0.336 e. The Labute approximate surface area is 160 Å². The van der Waals surface area contributed by atoms with Crippen molar-refractivity contribution in [2.24, 2.45) is 7.05 Å². The van der Waals surface area contributed by atoms with Crippen LogP contribution in [0.3, 0.4) is 0 Å². The molecule has 9 heteroatoms. The van der Waals surface area contributed by atoms with Crippen LogP contribution >= 0.6 is 34.5 Å². The fourth-order valence-electron chi connectivity index (χ4n) is 2.52. The molecule has 0 saturated carbocycles. The first-order valence-corrected chi connectivity index (χ1v) is 10.3. The molecule has 0 aliphatic rings. The number of benzene rings is 1. The number of sulfonamides is 1. The Morgan fingerprint density at radius 2 is 1.84 bits per heavy atom. The lowest BCUT2D eigenvalue weighted by molar-refractivity contribution is 0.399. The molecule has 0 fully saturated rings. The van der Waals surface area contributed by atoms with E-state index in [2.05, 4.69) is 4.98 Å². The fraction of sp³-hybridized carbons (Fsp3) is 0.188. The minimum Gasteiger partial charge on any atom is -0.336 e. The highest BCUT2D eigenvalue weighted by Crippen LogP contribution is 2.34. The van der Waals surface area contributed by atoms with Crippen molar-refractivity contribution >= 4 is 44.6 Å². The Bertz CT molecular complexity index is 981. The molecule has 0 saturated heterocycles. The third-order valence-electron chi connectivity index (χ3n) is 3.83. The van der Waals surface area contributed by atoms with E-state index in [1.807, 2.05) is 7.05 Å². The fourth-order valence-corrected chi connectivity index (χ4v) is 5.62. The van der Waals surface area contributed by atoms with Gasteiger partial charge >= 0.3 is 0 Å². The summed E-state index contributed by atoms with van der Waals surface area (Å²) < 4.78 is 29.8. The van der Waals surface area contributed by atoms with Crippen molar-refractivity contribution in [3.8, 4) is 0 Å². The Morgan fingerprint density at radius 3 is 2.36 bits per heavy atom. The van der Waals surface area contributed by atoms with Gasteiger partial charge in [0.25, 0.3) is 10.0 Å². The van der Waals surface area contributed by atoms with E-state index in [1.54, 1.807) is 47.3 Å². The zero-order valence-electron chi connectivity index (χ0n) is 13.4. The summed E-state index contributed by atoms with van der Waals surface area (Å²) in [6, 6.07) is 9.55. The van der Waals surface area contributed by atoms with Gasteiger partial charge < -0.3 is 4.57 Å². The predicted octanol–water partition coefficient (Wildman–Crippen LogP) is 4.20. The monoisotopic (exact) mass is 415 g/mol. The average Bonchev–Trinajstić information content (AvgIpc) is 3.19. The highest BCUT2D eigenvalue weighted by atomic mass is 35.5. The van der Waals surface area contributed by atoms with Gasteiger partial charge in [0.05, 0.1) is 4.34 Å². The summed E-state index contributed by atoms with van der Waals surface area (Å²) in [6.45, 7) is 0. The number of hydrogen-bond donors (Lipinski definition) is 0. The Hall–Kier alpha value is -1.38. The van der Waals surface area contributed by atoms with Crippen molar-refractivity contribution in [1.29, 1.82) is 0 Å². The van der Waals surface area contributed by atoms with Gasteiger partial charge in [0.1, 0.15) is 16.1 Å². The van der Waals surface area contributed by atoms with Crippen molar-refractivity contribution in [3.63, 3.8) is 0 Å².